The van der Waals surface area contributed by atoms with Crippen molar-refractivity contribution in [1.82, 2.24) is 0 Å². The van der Waals surface area contributed by atoms with Gasteiger partial charge in [-0.05, 0) is 123 Å². The van der Waals surface area contributed by atoms with Crippen LogP contribution in [-0.4, -0.2) is 66.5 Å². The van der Waals surface area contributed by atoms with Crippen LogP contribution in [0.25, 0.3) is 0 Å². The molecule has 340 valence electrons. The summed E-state index contributed by atoms with van der Waals surface area (Å²) in [6.45, 7) is 32.6. The van der Waals surface area contributed by atoms with E-state index in [0.717, 1.165) is 12.1 Å². The van der Waals surface area contributed by atoms with Crippen molar-refractivity contribution in [2.24, 2.45) is 0 Å². The summed E-state index contributed by atoms with van der Waals surface area (Å²) in [7, 11) is 0. The maximum atomic E-state index is 8.33. The highest BCUT2D eigenvalue weighted by Crippen LogP contribution is 2.26. The average Bonchev–Trinajstić information content (AvgIpc) is 3.18. The number of quaternary nitrogens is 2. The normalized spacial score (nSPS) is 12.8. The molecular weight excluding hydrogens is 689 g/mol. The molecule has 0 aromatic rings. The second-order valence-electron chi connectivity index (χ2n) is 18.1. The Labute approximate surface area is 355 Å². The van der Waals surface area contributed by atoms with Gasteiger partial charge in [0.15, 0.2) is 0 Å². The number of nitrogens with zero attached hydrogens (tertiary/aromatic N) is 2. The number of carboxylic acid groups (broad SMARTS) is 2. The van der Waals surface area contributed by atoms with Gasteiger partial charge in [-0.15, -0.1) is 0 Å². The minimum absolute atomic E-state index is 0.867. The highest BCUT2D eigenvalue weighted by atomic mass is 16.6. The minimum Gasteiger partial charge on any atom is -0.652 e. The first kappa shape index (κ1) is 59.5. The SMILES string of the molecule is CCCCCC[N+](CCCCCC)(CCCCCC)C(C)CCCCC.CCCCCC[N+](CCCCCC)(CCCCCC)C(C)CCCCC.O=C([O-])[O-]. The second-order valence-corrected chi connectivity index (χ2v) is 18.1. The number of carbonyl (C=O) groups is 1. The average molecular weight is 797 g/mol. The van der Waals surface area contributed by atoms with Crippen molar-refractivity contribution < 1.29 is 24.0 Å². The first-order chi connectivity index (χ1) is 27.1. The molecule has 0 aliphatic heterocycles. The fourth-order valence-electron chi connectivity index (χ4n) is 9.04. The van der Waals surface area contributed by atoms with Gasteiger partial charge in [0.2, 0.25) is 0 Å². The highest BCUT2D eigenvalue weighted by molar-refractivity contribution is 5.47. The molecule has 0 radical (unpaired) electrons. The van der Waals surface area contributed by atoms with Crippen LogP contribution in [-0.2, 0) is 0 Å². The molecule has 0 N–H and O–H groups in total. The zero-order chi connectivity index (χ0) is 42.6. The Morgan fingerprint density at radius 2 is 0.482 bits per heavy atom. The molecule has 5 nitrogen and oxygen atoms in total. The summed E-state index contributed by atoms with van der Waals surface area (Å²) in [4.78, 5) is 8.33. The summed E-state index contributed by atoms with van der Waals surface area (Å²) >= 11 is 0. The molecule has 0 amide bonds. The number of unbranched alkanes of at least 4 members (excludes halogenated alkanes) is 22. The smallest absolute Gasteiger partial charge is 0.0861 e. The van der Waals surface area contributed by atoms with Crippen molar-refractivity contribution in [3.8, 4) is 0 Å². The van der Waals surface area contributed by atoms with Crippen LogP contribution in [0.15, 0.2) is 0 Å². The van der Waals surface area contributed by atoms with Crippen molar-refractivity contribution in [2.75, 3.05) is 39.3 Å². The highest BCUT2D eigenvalue weighted by Gasteiger charge is 2.33. The summed E-state index contributed by atoms with van der Waals surface area (Å²) in [5.74, 6) is 0. The second kappa shape index (κ2) is 45.3. The van der Waals surface area contributed by atoms with Crippen LogP contribution in [0.4, 0.5) is 4.79 Å². The lowest BCUT2D eigenvalue weighted by molar-refractivity contribution is -0.950. The molecule has 56 heavy (non-hydrogen) atoms. The van der Waals surface area contributed by atoms with Crippen LogP contribution in [0.5, 0.6) is 0 Å². The predicted molar refractivity (Wildman–Crippen MR) is 247 cm³/mol. The minimum atomic E-state index is -2.33. The van der Waals surface area contributed by atoms with Gasteiger partial charge < -0.3 is 24.0 Å². The van der Waals surface area contributed by atoms with Gasteiger partial charge in [-0.25, -0.2) is 0 Å². The number of hydrogen-bond donors (Lipinski definition) is 0. The molecule has 0 saturated carbocycles. The maximum absolute atomic E-state index is 8.33. The van der Waals surface area contributed by atoms with Crippen LogP contribution >= 0.6 is 0 Å². The zero-order valence-corrected chi connectivity index (χ0v) is 40.6. The lowest BCUT2D eigenvalue weighted by atomic mass is 10.0. The molecule has 2 atom stereocenters. The summed E-state index contributed by atoms with van der Waals surface area (Å²) in [6, 6.07) is 1.73. The Kier molecular flexibility index (Phi) is 48.1. The van der Waals surface area contributed by atoms with E-state index in [-0.39, 0.29) is 0 Å². The Morgan fingerprint density at radius 1 is 0.321 bits per heavy atom. The zero-order valence-electron chi connectivity index (χ0n) is 40.6. The molecule has 0 rings (SSSR count). The summed E-state index contributed by atoms with van der Waals surface area (Å²) < 4.78 is 2.89. The summed E-state index contributed by atoms with van der Waals surface area (Å²) in [5, 5.41) is 16.7. The van der Waals surface area contributed by atoms with E-state index in [4.69, 9.17) is 15.0 Å². The molecule has 0 saturated heterocycles. The molecule has 0 bridgehead atoms. The van der Waals surface area contributed by atoms with E-state index in [2.05, 4.69) is 69.2 Å². The van der Waals surface area contributed by atoms with E-state index < -0.39 is 6.16 Å². The standard InChI is InChI=1S/2C25H54N.CH2O3/c2*1-6-10-14-18-22-26(23-19-15-11-7-2,24-20-16-12-8-3)25(5)21-17-13-9-4;2-1(3)4/h2*25H,6-24H2,1-5H3;(H2,2,3,4)/q2*+1;/p-2. The van der Waals surface area contributed by atoms with Crippen molar-refractivity contribution in [1.29, 1.82) is 0 Å². The Balaban J connectivity index is -0.000000914. The van der Waals surface area contributed by atoms with Gasteiger partial charge in [0, 0.05) is 0 Å². The third-order valence-electron chi connectivity index (χ3n) is 13.1. The fourth-order valence-corrected chi connectivity index (χ4v) is 9.04. The first-order valence-corrected chi connectivity index (χ1v) is 25.7. The number of carbonyl (C=O) groups excluding carboxylic acids is 1. The van der Waals surface area contributed by atoms with Crippen LogP contribution < -0.4 is 10.2 Å². The van der Waals surface area contributed by atoms with Crippen LogP contribution in [0.3, 0.4) is 0 Å². The lowest BCUT2D eigenvalue weighted by Crippen LogP contribution is -2.56. The Bertz CT molecular complexity index is 637. The van der Waals surface area contributed by atoms with Gasteiger partial charge in [-0.3, -0.25) is 0 Å². The van der Waals surface area contributed by atoms with E-state index in [0.29, 0.717) is 0 Å². The van der Waals surface area contributed by atoms with E-state index >= 15 is 0 Å². The van der Waals surface area contributed by atoms with Crippen molar-refractivity contribution in [3.63, 3.8) is 0 Å². The topological polar surface area (TPSA) is 63.2 Å². The molecule has 0 spiro atoms. The maximum Gasteiger partial charge on any atom is 0.0861 e. The largest absolute Gasteiger partial charge is 0.652 e. The van der Waals surface area contributed by atoms with Crippen LogP contribution in [0.1, 0.15) is 275 Å². The van der Waals surface area contributed by atoms with Gasteiger partial charge in [-0.1, -0.05) is 158 Å². The molecule has 2 unspecified atom stereocenters. The van der Waals surface area contributed by atoms with Crippen molar-refractivity contribution >= 4 is 6.16 Å². The molecule has 5 heteroatoms. The van der Waals surface area contributed by atoms with Crippen molar-refractivity contribution in [2.45, 2.75) is 287 Å². The first-order valence-electron chi connectivity index (χ1n) is 25.7. The molecule has 0 aliphatic rings. The molecule has 0 aromatic heterocycles. The van der Waals surface area contributed by atoms with E-state index in [1.807, 2.05) is 0 Å². The van der Waals surface area contributed by atoms with Crippen LogP contribution in [0, 0.1) is 0 Å². The van der Waals surface area contributed by atoms with Gasteiger partial charge in [0.05, 0.1) is 51.4 Å². The van der Waals surface area contributed by atoms with Gasteiger partial charge in [-0.2, -0.15) is 0 Å². The fraction of sp³-hybridized carbons (Fsp3) is 0.980. The summed E-state index contributed by atoms with van der Waals surface area (Å²) in [6.07, 6.45) is 43.1. The molecular formula is C51H108N2O3. The molecule has 0 heterocycles. The quantitative estimate of drug-likeness (QED) is 0.0458. The van der Waals surface area contributed by atoms with Crippen molar-refractivity contribution in [3.05, 3.63) is 0 Å². The lowest BCUT2D eigenvalue weighted by Gasteiger charge is -2.45. The monoisotopic (exact) mass is 797 g/mol. The summed E-state index contributed by atoms with van der Waals surface area (Å²) in [5.41, 5.74) is 0. The van der Waals surface area contributed by atoms with Gasteiger partial charge in [0.25, 0.3) is 0 Å². The van der Waals surface area contributed by atoms with Gasteiger partial charge in [0.1, 0.15) is 0 Å². The molecule has 0 aliphatic carbocycles. The van der Waals surface area contributed by atoms with E-state index in [1.165, 1.54) is 254 Å². The Hall–Kier alpha value is -0.810. The van der Waals surface area contributed by atoms with E-state index in [9.17, 15) is 0 Å². The number of rotatable bonds is 40. The predicted octanol–water partition coefficient (Wildman–Crippen LogP) is 14.6. The molecule has 0 aromatic carbocycles. The number of hydrogen-bond acceptors (Lipinski definition) is 3. The van der Waals surface area contributed by atoms with E-state index in [1.54, 1.807) is 0 Å². The van der Waals surface area contributed by atoms with Crippen LogP contribution in [0.2, 0.25) is 0 Å². The van der Waals surface area contributed by atoms with Gasteiger partial charge >= 0.3 is 0 Å². The molecule has 0 fully saturated rings. The third kappa shape index (κ3) is 36.3. The third-order valence-corrected chi connectivity index (χ3v) is 13.1. The Morgan fingerprint density at radius 3 is 0.643 bits per heavy atom.